The van der Waals surface area contributed by atoms with Gasteiger partial charge in [0.2, 0.25) is 0 Å². The summed E-state index contributed by atoms with van der Waals surface area (Å²) in [6.07, 6.45) is -19.3. The van der Waals surface area contributed by atoms with Gasteiger partial charge in [0.25, 0.3) is 5.91 Å². The Kier molecular flexibility index (Phi) is 11.6. The molecule has 1 fully saturated rings. The third-order valence-corrected chi connectivity index (χ3v) is 6.73. The molecule has 1 aliphatic rings. The fourth-order valence-electron chi connectivity index (χ4n) is 3.90. The summed E-state index contributed by atoms with van der Waals surface area (Å²) >= 11 is 0. The van der Waals surface area contributed by atoms with Gasteiger partial charge in [0.1, 0.15) is 18.2 Å². The Labute approximate surface area is 253 Å². The first kappa shape index (κ1) is 41.8. The molecule has 0 bridgehead atoms. The fourth-order valence-corrected chi connectivity index (χ4v) is 3.90. The summed E-state index contributed by atoms with van der Waals surface area (Å²) in [6, 6.07) is 1.05. The Morgan fingerprint density at radius 1 is 0.787 bits per heavy atom. The van der Waals surface area contributed by atoms with Crippen LogP contribution in [-0.4, -0.2) is 95.4 Å². The molecule has 1 amide bonds. The molecule has 272 valence electrons. The van der Waals surface area contributed by atoms with Crippen LogP contribution in [0.3, 0.4) is 0 Å². The number of alkyl halides is 18. The lowest BCUT2D eigenvalue weighted by molar-refractivity contribution is -0.397. The monoisotopic (exact) mass is 727 g/mol. The zero-order chi connectivity index (χ0) is 37.5. The van der Waals surface area contributed by atoms with E-state index in [0.717, 1.165) is 12.1 Å². The van der Waals surface area contributed by atoms with E-state index in [1.165, 1.54) is 4.90 Å². The topological polar surface area (TPSA) is 56.6 Å². The maximum Gasteiger partial charge on any atom is 0.460 e. The third-order valence-electron chi connectivity index (χ3n) is 6.73. The number of amides is 1. The van der Waals surface area contributed by atoms with Crippen LogP contribution in [0.1, 0.15) is 33.6 Å². The lowest BCUT2D eigenvalue weighted by Crippen LogP contribution is -2.62. The van der Waals surface area contributed by atoms with E-state index in [4.69, 9.17) is 4.74 Å². The Hall–Kier alpha value is -3.22. The van der Waals surface area contributed by atoms with Gasteiger partial charge in [-0.2, -0.15) is 84.3 Å². The summed E-state index contributed by atoms with van der Waals surface area (Å²) in [6.45, 7) is 0.389. The van der Waals surface area contributed by atoms with Gasteiger partial charge in [-0.1, -0.05) is 0 Å². The third kappa shape index (κ3) is 7.76. The lowest BCUT2D eigenvalue weighted by Gasteiger charge is -2.36. The van der Waals surface area contributed by atoms with Gasteiger partial charge in [0.15, 0.2) is 5.88 Å². The van der Waals surface area contributed by atoms with Crippen molar-refractivity contribution in [3.63, 3.8) is 0 Å². The molecule has 1 heterocycles. The number of nitriles is 1. The van der Waals surface area contributed by atoms with Crippen LogP contribution in [0.2, 0.25) is 0 Å². The predicted molar refractivity (Wildman–Crippen MR) is 122 cm³/mol. The lowest BCUT2D eigenvalue weighted by atomic mass is 9.99. The number of allylic oxidation sites excluding steroid dienone is 2. The van der Waals surface area contributed by atoms with Gasteiger partial charge in [-0.25, -0.2) is 0 Å². The van der Waals surface area contributed by atoms with Crippen LogP contribution in [0.4, 0.5) is 79.0 Å². The first-order valence-corrected chi connectivity index (χ1v) is 12.6. The molecule has 1 aliphatic heterocycles. The number of likely N-dealkylation sites (N-methyl/N-ethyl adjacent to an activating group) is 1. The first-order valence-electron chi connectivity index (χ1n) is 12.6. The summed E-state index contributed by atoms with van der Waals surface area (Å²) in [5.41, 5.74) is -2.09. The minimum atomic E-state index is -7.46. The number of hydrogen-bond acceptors (Lipinski definition) is 4. The van der Waals surface area contributed by atoms with Crippen molar-refractivity contribution in [1.82, 2.24) is 9.80 Å². The molecule has 0 atom stereocenters. The molecule has 0 aromatic carbocycles. The van der Waals surface area contributed by atoms with Gasteiger partial charge >= 0.3 is 47.9 Å². The smallest absolute Gasteiger partial charge is 0.460 e. The molecule has 0 saturated carbocycles. The molecule has 5 nitrogen and oxygen atoms in total. The van der Waals surface area contributed by atoms with E-state index < -0.39 is 95.7 Å². The van der Waals surface area contributed by atoms with E-state index >= 15 is 0 Å². The maximum atomic E-state index is 14.1. The molecule has 47 heavy (non-hydrogen) atoms. The Morgan fingerprint density at radius 2 is 1.17 bits per heavy atom. The van der Waals surface area contributed by atoms with Crippen LogP contribution in [0.25, 0.3) is 0 Å². The van der Waals surface area contributed by atoms with Crippen molar-refractivity contribution >= 4 is 5.91 Å². The molecule has 0 radical (unpaired) electrons. The molecule has 0 aromatic heterocycles. The fraction of sp³-hybridized carbons (Fsp3) is 0.750. The van der Waals surface area contributed by atoms with Crippen LogP contribution in [0.15, 0.2) is 23.6 Å². The molecule has 0 aromatic rings. The summed E-state index contributed by atoms with van der Waals surface area (Å²) in [7, 11) is 0. The van der Waals surface area contributed by atoms with Crippen LogP contribution >= 0.6 is 0 Å². The normalized spacial score (nSPS) is 18.3. The molecule has 0 unspecified atom stereocenters. The number of nitrogens with zero attached hydrogens (tertiary/aromatic N) is 3. The number of ether oxygens (including phenoxy) is 1. The molecular weight excluding hydrogens is 704 g/mol. The molecule has 1 saturated heterocycles. The first-order chi connectivity index (χ1) is 20.7. The quantitative estimate of drug-likeness (QED) is 0.110. The van der Waals surface area contributed by atoms with Gasteiger partial charge < -0.3 is 14.5 Å². The summed E-state index contributed by atoms with van der Waals surface area (Å²) in [5, 5.41) is 9.32. The minimum absolute atomic E-state index is 0.0137. The van der Waals surface area contributed by atoms with Gasteiger partial charge in [0, 0.05) is 32.5 Å². The Morgan fingerprint density at radius 3 is 1.49 bits per heavy atom. The summed E-state index contributed by atoms with van der Waals surface area (Å²) < 4.78 is 244. The van der Waals surface area contributed by atoms with Crippen molar-refractivity contribution in [3.05, 3.63) is 23.6 Å². The van der Waals surface area contributed by atoms with Crippen molar-refractivity contribution in [3.8, 4) is 6.07 Å². The van der Waals surface area contributed by atoms with Gasteiger partial charge in [-0.05, 0) is 32.9 Å². The van der Waals surface area contributed by atoms with Gasteiger partial charge in [0.05, 0.1) is 5.54 Å². The van der Waals surface area contributed by atoms with E-state index in [2.05, 4.69) is 0 Å². The average Bonchev–Trinajstić information content (AvgIpc) is 3.19. The highest BCUT2D eigenvalue weighted by Crippen LogP contribution is 2.55. The van der Waals surface area contributed by atoms with E-state index in [0.29, 0.717) is 6.08 Å². The molecule has 0 spiro atoms. The standard InChI is InChI=1S/C24H23F18N3O2/c1-4-45-14(47-12-16(45,2)3)6-5-13(11-43)15(46)44(9-7-17(25,26)19(29,30)21(33,34)23(37,38)39)10-8-18(27,28)20(31,32)22(35,36)24(40,41)42/h5-6H,4,7-10,12H2,1-3H3. The minimum Gasteiger partial charge on any atom is -0.477 e. The number of rotatable bonds is 13. The molecule has 23 heteroatoms. The highest BCUT2D eigenvalue weighted by atomic mass is 19.4. The molecule has 1 rings (SSSR count). The van der Waals surface area contributed by atoms with E-state index in [1.54, 1.807) is 20.8 Å². The maximum absolute atomic E-state index is 14.1. The van der Waals surface area contributed by atoms with Crippen molar-refractivity contribution in [1.29, 1.82) is 5.26 Å². The number of hydrogen-bond donors (Lipinski definition) is 0. The van der Waals surface area contributed by atoms with E-state index in [9.17, 15) is 89.1 Å². The second-order valence-corrected chi connectivity index (χ2v) is 10.5. The Bertz CT molecular complexity index is 1190. The number of carbonyl (C=O) groups is 1. The molecule has 0 N–H and O–H groups in total. The second-order valence-electron chi connectivity index (χ2n) is 10.5. The van der Waals surface area contributed by atoms with E-state index in [-0.39, 0.29) is 19.0 Å². The van der Waals surface area contributed by atoms with Crippen molar-refractivity contribution in [2.75, 3.05) is 26.2 Å². The van der Waals surface area contributed by atoms with Gasteiger partial charge in [-0.15, -0.1) is 0 Å². The highest BCUT2D eigenvalue weighted by molar-refractivity contribution is 5.97. The van der Waals surface area contributed by atoms with Crippen molar-refractivity contribution in [2.24, 2.45) is 0 Å². The van der Waals surface area contributed by atoms with Gasteiger partial charge in [-0.3, -0.25) is 4.79 Å². The number of carbonyl (C=O) groups excluding carboxylic acids is 1. The van der Waals surface area contributed by atoms with Crippen molar-refractivity contribution < 1.29 is 88.6 Å². The summed E-state index contributed by atoms with van der Waals surface area (Å²) in [5.74, 6) is -44.8. The van der Waals surface area contributed by atoms with Crippen LogP contribution < -0.4 is 0 Å². The van der Waals surface area contributed by atoms with Crippen LogP contribution in [0.5, 0.6) is 0 Å². The van der Waals surface area contributed by atoms with Crippen molar-refractivity contribution in [2.45, 2.75) is 87.0 Å². The second kappa shape index (κ2) is 13.0. The zero-order valence-corrected chi connectivity index (χ0v) is 23.9. The molecular formula is C24H23F18N3O2. The SMILES string of the molecule is CCN1C(=CC=C(C#N)C(=O)N(CCC(F)(F)C(F)(F)C(F)(F)C(F)(F)F)CCC(F)(F)C(F)(F)C(F)(F)C(F)(F)F)OCC1(C)C. The van der Waals surface area contributed by atoms with Crippen LogP contribution in [0, 0.1) is 11.3 Å². The Balaban J connectivity index is 3.59. The average molecular weight is 727 g/mol. The number of halogens is 18. The highest BCUT2D eigenvalue weighted by Gasteiger charge is 2.82. The summed E-state index contributed by atoms with van der Waals surface area (Å²) in [4.78, 5) is 13.6. The molecule has 0 aliphatic carbocycles. The van der Waals surface area contributed by atoms with E-state index in [1.807, 2.05) is 0 Å². The van der Waals surface area contributed by atoms with Crippen LogP contribution in [-0.2, 0) is 9.53 Å². The zero-order valence-electron chi connectivity index (χ0n) is 23.9. The largest absolute Gasteiger partial charge is 0.477 e. The predicted octanol–water partition coefficient (Wildman–Crippen LogP) is 7.95.